The summed E-state index contributed by atoms with van der Waals surface area (Å²) in [5, 5.41) is 5.27. The Hall–Kier alpha value is -2.04. The molecule has 0 fully saturated rings. The number of hydrogen-bond donors (Lipinski definition) is 2. The largest absolute Gasteiger partial charge is 0.336 e. The van der Waals surface area contributed by atoms with Crippen LogP contribution in [0, 0.1) is 0 Å². The van der Waals surface area contributed by atoms with Gasteiger partial charge in [-0.1, -0.05) is 18.2 Å². The van der Waals surface area contributed by atoms with Crippen LogP contribution < -0.4 is 15.5 Å². The maximum atomic E-state index is 12.1. The summed E-state index contributed by atoms with van der Waals surface area (Å²) in [5.41, 5.74) is 2.14. The predicted molar refractivity (Wildman–Crippen MR) is 74.2 cm³/mol. The molecule has 0 aromatic heterocycles. The number of amides is 3. The van der Waals surface area contributed by atoms with E-state index < -0.39 is 0 Å². The first-order valence-corrected chi connectivity index (χ1v) is 6.50. The van der Waals surface area contributed by atoms with E-state index in [9.17, 15) is 9.59 Å². The van der Waals surface area contributed by atoms with E-state index in [1.807, 2.05) is 38.1 Å². The minimum absolute atomic E-state index is 0.0207. The number of urea groups is 1. The number of hydrogen-bond acceptors (Lipinski definition) is 2. The number of rotatable bonds is 3. The van der Waals surface area contributed by atoms with Crippen molar-refractivity contribution in [3.63, 3.8) is 0 Å². The molecule has 19 heavy (non-hydrogen) atoms. The second-order valence-corrected chi connectivity index (χ2v) is 4.91. The van der Waals surface area contributed by atoms with Crippen molar-refractivity contribution in [1.29, 1.82) is 0 Å². The van der Waals surface area contributed by atoms with Gasteiger partial charge in [0.15, 0.2) is 0 Å². The Morgan fingerprint density at radius 3 is 2.79 bits per heavy atom. The van der Waals surface area contributed by atoms with Crippen LogP contribution in [0.5, 0.6) is 0 Å². The molecule has 0 spiro atoms. The smallest absolute Gasteiger partial charge is 0.315 e. The molecule has 0 saturated carbocycles. The van der Waals surface area contributed by atoms with Crippen molar-refractivity contribution in [2.75, 3.05) is 18.0 Å². The van der Waals surface area contributed by atoms with Gasteiger partial charge in [0.2, 0.25) is 5.91 Å². The first-order chi connectivity index (χ1) is 9.08. The second kappa shape index (κ2) is 5.73. The van der Waals surface area contributed by atoms with Gasteiger partial charge < -0.3 is 15.5 Å². The number of nitrogens with one attached hydrogen (secondary N) is 2. The molecule has 1 aliphatic heterocycles. The second-order valence-electron chi connectivity index (χ2n) is 4.91. The quantitative estimate of drug-likeness (QED) is 0.861. The van der Waals surface area contributed by atoms with Gasteiger partial charge in [-0.15, -0.1) is 0 Å². The van der Waals surface area contributed by atoms with Crippen molar-refractivity contribution in [3.8, 4) is 0 Å². The molecule has 2 rings (SSSR count). The first kappa shape index (κ1) is 13.4. The predicted octanol–water partition coefficient (Wildman–Crippen LogP) is 1.28. The molecular formula is C14H19N3O2. The molecule has 102 valence electrons. The molecule has 0 radical (unpaired) electrons. The summed E-state index contributed by atoms with van der Waals surface area (Å²) < 4.78 is 0. The van der Waals surface area contributed by atoms with Gasteiger partial charge in [-0.25, -0.2) is 4.79 Å². The highest BCUT2D eigenvalue weighted by atomic mass is 16.2. The van der Waals surface area contributed by atoms with Crippen LogP contribution in [-0.2, 0) is 11.2 Å². The summed E-state index contributed by atoms with van der Waals surface area (Å²) in [6, 6.07) is 7.61. The average Bonchev–Trinajstić information content (AvgIpc) is 2.79. The molecule has 1 aromatic rings. The fourth-order valence-corrected chi connectivity index (χ4v) is 2.16. The van der Waals surface area contributed by atoms with Crippen molar-refractivity contribution in [2.24, 2.45) is 0 Å². The summed E-state index contributed by atoms with van der Waals surface area (Å²) in [6.07, 6.45) is 0.875. The molecule has 3 amide bonds. The molecular weight excluding hydrogens is 242 g/mol. The zero-order valence-electron chi connectivity index (χ0n) is 11.3. The van der Waals surface area contributed by atoms with Crippen LogP contribution >= 0.6 is 0 Å². The topological polar surface area (TPSA) is 61.4 Å². The average molecular weight is 261 g/mol. The van der Waals surface area contributed by atoms with Crippen LogP contribution in [0.15, 0.2) is 24.3 Å². The first-order valence-electron chi connectivity index (χ1n) is 6.50. The molecule has 1 aliphatic rings. The Morgan fingerprint density at radius 1 is 1.32 bits per heavy atom. The fraction of sp³-hybridized carbons (Fsp3) is 0.429. The van der Waals surface area contributed by atoms with E-state index in [-0.39, 0.29) is 24.5 Å². The molecule has 1 heterocycles. The Morgan fingerprint density at radius 2 is 2.05 bits per heavy atom. The maximum Gasteiger partial charge on any atom is 0.315 e. The van der Waals surface area contributed by atoms with Gasteiger partial charge in [0, 0.05) is 18.3 Å². The normalized spacial score (nSPS) is 13.3. The zero-order chi connectivity index (χ0) is 13.8. The van der Waals surface area contributed by atoms with Gasteiger partial charge >= 0.3 is 6.03 Å². The summed E-state index contributed by atoms with van der Waals surface area (Å²) in [5.74, 6) is -0.0798. The summed E-state index contributed by atoms with van der Waals surface area (Å²) in [7, 11) is 0. The minimum Gasteiger partial charge on any atom is -0.336 e. The molecule has 0 unspecified atom stereocenters. The number of fused-ring (bicyclic) bond motifs is 1. The fourth-order valence-electron chi connectivity index (χ4n) is 2.16. The van der Waals surface area contributed by atoms with Gasteiger partial charge in [0.25, 0.3) is 0 Å². The van der Waals surface area contributed by atoms with Crippen molar-refractivity contribution < 1.29 is 9.59 Å². The highest BCUT2D eigenvalue weighted by molar-refractivity contribution is 5.98. The zero-order valence-corrected chi connectivity index (χ0v) is 11.3. The number of carbonyl (C=O) groups excluding carboxylic acids is 2. The van der Waals surface area contributed by atoms with Crippen LogP contribution in [-0.4, -0.2) is 31.1 Å². The van der Waals surface area contributed by atoms with Crippen molar-refractivity contribution in [2.45, 2.75) is 26.3 Å². The minimum atomic E-state index is -0.309. The van der Waals surface area contributed by atoms with Crippen LogP contribution in [0.2, 0.25) is 0 Å². The highest BCUT2D eigenvalue weighted by Crippen LogP contribution is 2.27. The van der Waals surface area contributed by atoms with Crippen LogP contribution in [0.4, 0.5) is 10.5 Å². The lowest BCUT2D eigenvalue weighted by molar-refractivity contribution is -0.117. The molecule has 1 aromatic carbocycles. The Labute approximate surface area is 113 Å². The monoisotopic (exact) mass is 261 g/mol. The molecule has 0 atom stereocenters. The van der Waals surface area contributed by atoms with E-state index in [2.05, 4.69) is 10.6 Å². The van der Waals surface area contributed by atoms with Crippen LogP contribution in [0.3, 0.4) is 0 Å². The third-order valence-corrected chi connectivity index (χ3v) is 3.01. The molecule has 0 saturated heterocycles. The van der Waals surface area contributed by atoms with Gasteiger partial charge in [-0.3, -0.25) is 4.79 Å². The third kappa shape index (κ3) is 3.24. The number of benzene rings is 1. The highest BCUT2D eigenvalue weighted by Gasteiger charge is 2.23. The molecule has 0 aliphatic carbocycles. The molecule has 2 N–H and O–H groups in total. The summed E-state index contributed by atoms with van der Waals surface area (Å²) in [4.78, 5) is 25.2. The summed E-state index contributed by atoms with van der Waals surface area (Å²) >= 11 is 0. The SMILES string of the molecule is CC(C)NC(=O)NCC(=O)N1CCc2ccccc21. The van der Waals surface area contributed by atoms with Gasteiger partial charge in [0.05, 0.1) is 6.54 Å². The van der Waals surface area contributed by atoms with Crippen LogP contribution in [0.25, 0.3) is 0 Å². The number of carbonyl (C=O) groups is 2. The van der Waals surface area contributed by atoms with E-state index in [4.69, 9.17) is 0 Å². The van der Waals surface area contributed by atoms with E-state index >= 15 is 0 Å². The molecule has 5 heteroatoms. The number of para-hydroxylation sites is 1. The van der Waals surface area contributed by atoms with E-state index in [0.29, 0.717) is 6.54 Å². The van der Waals surface area contributed by atoms with Gasteiger partial charge in [-0.2, -0.15) is 0 Å². The van der Waals surface area contributed by atoms with Crippen molar-refractivity contribution in [1.82, 2.24) is 10.6 Å². The van der Waals surface area contributed by atoms with Crippen molar-refractivity contribution >= 4 is 17.6 Å². The lowest BCUT2D eigenvalue weighted by Crippen LogP contribution is -2.45. The van der Waals surface area contributed by atoms with Crippen molar-refractivity contribution in [3.05, 3.63) is 29.8 Å². The maximum absolute atomic E-state index is 12.1. The lowest BCUT2D eigenvalue weighted by atomic mass is 10.2. The number of nitrogens with zero attached hydrogens (tertiary/aromatic N) is 1. The Balaban J connectivity index is 1.90. The third-order valence-electron chi connectivity index (χ3n) is 3.01. The van der Waals surface area contributed by atoms with Gasteiger partial charge in [-0.05, 0) is 31.9 Å². The van der Waals surface area contributed by atoms with Gasteiger partial charge in [0.1, 0.15) is 0 Å². The molecule has 0 bridgehead atoms. The van der Waals surface area contributed by atoms with E-state index in [0.717, 1.165) is 12.1 Å². The standard InChI is InChI=1S/C14H19N3O2/c1-10(2)16-14(19)15-9-13(18)17-8-7-11-5-3-4-6-12(11)17/h3-6,10H,7-9H2,1-2H3,(H2,15,16,19). The number of anilines is 1. The molecule has 5 nitrogen and oxygen atoms in total. The Kier molecular flexibility index (Phi) is 4.04. The van der Waals surface area contributed by atoms with E-state index in [1.54, 1.807) is 4.90 Å². The summed E-state index contributed by atoms with van der Waals surface area (Å²) in [6.45, 7) is 4.45. The van der Waals surface area contributed by atoms with E-state index in [1.165, 1.54) is 5.56 Å². The lowest BCUT2D eigenvalue weighted by Gasteiger charge is -2.18. The van der Waals surface area contributed by atoms with Crippen LogP contribution in [0.1, 0.15) is 19.4 Å². The Bertz CT molecular complexity index is 485.